The maximum Gasteiger partial charge on any atom is 0.164 e. The summed E-state index contributed by atoms with van der Waals surface area (Å²) in [5.41, 5.74) is 0.957. The van der Waals surface area contributed by atoms with E-state index in [0.29, 0.717) is 10.8 Å². The van der Waals surface area contributed by atoms with Crippen molar-refractivity contribution in [3.05, 3.63) is 43.5 Å². The standard InChI is InChI=1S/C11H6Cl2FIN2/c1-5-9(15)10(13)17-11(16-5)6-3-2-4-7(12)8(6)14/h2-4H,1H3. The molecule has 2 aromatic rings. The highest BCUT2D eigenvalue weighted by Gasteiger charge is 2.14. The van der Waals surface area contributed by atoms with E-state index in [-0.39, 0.29) is 16.4 Å². The lowest BCUT2D eigenvalue weighted by atomic mass is 10.2. The van der Waals surface area contributed by atoms with E-state index in [1.165, 1.54) is 6.07 Å². The highest BCUT2D eigenvalue weighted by Crippen LogP contribution is 2.28. The number of nitrogens with zero attached hydrogens (tertiary/aromatic N) is 2. The van der Waals surface area contributed by atoms with Crippen LogP contribution in [0.1, 0.15) is 5.69 Å². The first kappa shape index (κ1) is 13.0. The van der Waals surface area contributed by atoms with Crippen LogP contribution in [0.15, 0.2) is 18.2 Å². The molecule has 0 fully saturated rings. The molecule has 0 saturated carbocycles. The molecule has 0 amide bonds. The van der Waals surface area contributed by atoms with Gasteiger partial charge in [-0.15, -0.1) is 0 Å². The van der Waals surface area contributed by atoms with Crippen LogP contribution in [0.5, 0.6) is 0 Å². The van der Waals surface area contributed by atoms with Crippen LogP contribution < -0.4 is 0 Å². The zero-order valence-electron chi connectivity index (χ0n) is 8.64. The Bertz CT molecular complexity index is 567. The molecule has 0 N–H and O–H groups in total. The summed E-state index contributed by atoms with van der Waals surface area (Å²) < 4.78 is 14.6. The lowest BCUT2D eigenvalue weighted by molar-refractivity contribution is 0.630. The summed E-state index contributed by atoms with van der Waals surface area (Å²) in [6.07, 6.45) is 0. The molecule has 0 spiro atoms. The van der Waals surface area contributed by atoms with Crippen LogP contribution >= 0.6 is 45.8 Å². The monoisotopic (exact) mass is 382 g/mol. The number of aryl methyl sites for hydroxylation is 1. The molecule has 6 heteroatoms. The van der Waals surface area contributed by atoms with Crippen LogP contribution in [-0.4, -0.2) is 9.97 Å². The molecule has 0 atom stereocenters. The van der Waals surface area contributed by atoms with Crippen molar-refractivity contribution in [2.45, 2.75) is 6.92 Å². The van der Waals surface area contributed by atoms with Gasteiger partial charge in [0.05, 0.1) is 19.9 Å². The fourth-order valence-corrected chi connectivity index (χ4v) is 1.95. The van der Waals surface area contributed by atoms with Gasteiger partial charge < -0.3 is 0 Å². The van der Waals surface area contributed by atoms with Gasteiger partial charge in [-0.05, 0) is 41.6 Å². The topological polar surface area (TPSA) is 25.8 Å². The van der Waals surface area contributed by atoms with Crippen molar-refractivity contribution in [2.24, 2.45) is 0 Å². The second kappa shape index (κ2) is 5.04. The van der Waals surface area contributed by atoms with Crippen LogP contribution in [0.2, 0.25) is 10.2 Å². The van der Waals surface area contributed by atoms with E-state index >= 15 is 0 Å². The van der Waals surface area contributed by atoms with Crippen molar-refractivity contribution in [1.29, 1.82) is 0 Å². The van der Waals surface area contributed by atoms with Crippen molar-refractivity contribution in [1.82, 2.24) is 9.97 Å². The lowest BCUT2D eigenvalue weighted by Gasteiger charge is -2.06. The van der Waals surface area contributed by atoms with E-state index in [2.05, 4.69) is 9.97 Å². The summed E-state index contributed by atoms with van der Waals surface area (Å²) in [6, 6.07) is 4.69. The molecule has 0 unspecified atom stereocenters. The van der Waals surface area contributed by atoms with Crippen molar-refractivity contribution < 1.29 is 4.39 Å². The zero-order valence-corrected chi connectivity index (χ0v) is 12.3. The fourth-order valence-electron chi connectivity index (χ4n) is 1.32. The van der Waals surface area contributed by atoms with E-state index in [9.17, 15) is 4.39 Å². The molecule has 0 saturated heterocycles. The number of hydrogen-bond acceptors (Lipinski definition) is 2. The third-order valence-corrected chi connectivity index (χ3v) is 4.34. The Morgan fingerprint density at radius 3 is 2.59 bits per heavy atom. The molecular formula is C11H6Cl2FIN2. The molecule has 2 rings (SSSR count). The molecule has 0 bridgehead atoms. The minimum absolute atomic E-state index is 0.0402. The molecule has 0 aliphatic rings. The van der Waals surface area contributed by atoms with Crippen LogP contribution in [0, 0.1) is 16.3 Å². The van der Waals surface area contributed by atoms with Gasteiger partial charge in [-0.25, -0.2) is 14.4 Å². The van der Waals surface area contributed by atoms with E-state index in [1.54, 1.807) is 19.1 Å². The maximum atomic E-state index is 13.8. The van der Waals surface area contributed by atoms with E-state index < -0.39 is 5.82 Å². The summed E-state index contributed by atoms with van der Waals surface area (Å²) in [5, 5.41) is 0.353. The van der Waals surface area contributed by atoms with Crippen molar-refractivity contribution in [2.75, 3.05) is 0 Å². The summed E-state index contributed by atoms with van der Waals surface area (Å²) >= 11 is 13.7. The third kappa shape index (κ3) is 2.53. The number of halogens is 4. The number of benzene rings is 1. The first-order chi connectivity index (χ1) is 8.00. The van der Waals surface area contributed by atoms with Gasteiger partial charge in [-0.3, -0.25) is 0 Å². The molecule has 1 heterocycles. The predicted molar refractivity (Wildman–Crippen MR) is 74.9 cm³/mol. The minimum atomic E-state index is -0.536. The van der Waals surface area contributed by atoms with Gasteiger partial charge in [0.1, 0.15) is 5.15 Å². The van der Waals surface area contributed by atoms with Gasteiger partial charge in [-0.2, -0.15) is 0 Å². The second-order valence-corrected chi connectivity index (χ2v) is 5.18. The third-order valence-electron chi connectivity index (χ3n) is 2.17. The molecule has 0 aliphatic carbocycles. The highest BCUT2D eigenvalue weighted by atomic mass is 127. The maximum absolute atomic E-state index is 13.8. The lowest BCUT2D eigenvalue weighted by Crippen LogP contribution is -1.98. The normalized spacial score (nSPS) is 10.6. The number of hydrogen-bond donors (Lipinski definition) is 0. The fraction of sp³-hybridized carbons (Fsp3) is 0.0909. The van der Waals surface area contributed by atoms with E-state index in [0.717, 1.165) is 3.57 Å². The van der Waals surface area contributed by atoms with Gasteiger partial charge in [0, 0.05) is 0 Å². The smallest absolute Gasteiger partial charge is 0.164 e. The summed E-state index contributed by atoms with van der Waals surface area (Å²) in [5.74, 6) is -0.293. The molecule has 1 aromatic carbocycles. The van der Waals surface area contributed by atoms with Gasteiger partial charge >= 0.3 is 0 Å². The molecular weight excluding hydrogens is 377 g/mol. The minimum Gasteiger partial charge on any atom is -0.232 e. The molecule has 0 aliphatic heterocycles. The average Bonchev–Trinajstić information content (AvgIpc) is 2.29. The highest BCUT2D eigenvalue weighted by molar-refractivity contribution is 14.1. The SMILES string of the molecule is Cc1nc(-c2cccc(Cl)c2F)nc(Cl)c1I. The van der Waals surface area contributed by atoms with Crippen molar-refractivity contribution in [3.8, 4) is 11.4 Å². The average molecular weight is 383 g/mol. The summed E-state index contributed by atoms with van der Waals surface area (Å²) in [4.78, 5) is 8.26. The molecule has 1 aromatic heterocycles. The van der Waals surface area contributed by atoms with Crippen LogP contribution in [0.25, 0.3) is 11.4 Å². The summed E-state index contributed by atoms with van der Waals surface area (Å²) in [7, 11) is 0. The molecule has 0 radical (unpaired) electrons. The second-order valence-electron chi connectivity index (χ2n) is 3.34. The number of aromatic nitrogens is 2. The van der Waals surface area contributed by atoms with Gasteiger partial charge in [0.15, 0.2) is 11.6 Å². The Balaban J connectivity index is 2.65. The van der Waals surface area contributed by atoms with E-state index in [4.69, 9.17) is 23.2 Å². The summed E-state index contributed by atoms with van der Waals surface area (Å²) in [6.45, 7) is 1.79. The Morgan fingerprint density at radius 2 is 1.94 bits per heavy atom. The van der Waals surface area contributed by atoms with Gasteiger partial charge in [-0.1, -0.05) is 29.3 Å². The predicted octanol–water partition coefficient (Wildman–Crippen LogP) is 4.50. The Labute approximate surface area is 121 Å². The molecule has 2 nitrogen and oxygen atoms in total. The zero-order chi connectivity index (χ0) is 12.6. The first-order valence-electron chi connectivity index (χ1n) is 4.64. The van der Waals surface area contributed by atoms with Crippen LogP contribution in [0.3, 0.4) is 0 Å². The van der Waals surface area contributed by atoms with Gasteiger partial charge in [0.2, 0.25) is 0 Å². The number of rotatable bonds is 1. The molecule has 88 valence electrons. The molecule has 17 heavy (non-hydrogen) atoms. The van der Waals surface area contributed by atoms with Crippen molar-refractivity contribution in [3.63, 3.8) is 0 Å². The quantitative estimate of drug-likeness (QED) is 0.536. The first-order valence-corrected chi connectivity index (χ1v) is 6.48. The Hall–Kier alpha value is -0.460. The Morgan fingerprint density at radius 1 is 1.24 bits per heavy atom. The van der Waals surface area contributed by atoms with E-state index in [1.807, 2.05) is 22.6 Å². The van der Waals surface area contributed by atoms with Crippen LogP contribution in [-0.2, 0) is 0 Å². The largest absolute Gasteiger partial charge is 0.232 e. The van der Waals surface area contributed by atoms with Crippen LogP contribution in [0.4, 0.5) is 4.39 Å². The Kier molecular flexibility index (Phi) is 3.85. The van der Waals surface area contributed by atoms with Gasteiger partial charge in [0.25, 0.3) is 0 Å². The van der Waals surface area contributed by atoms with Crippen molar-refractivity contribution >= 4 is 45.8 Å².